The van der Waals surface area contributed by atoms with E-state index in [1.165, 1.54) is 5.56 Å². The van der Waals surface area contributed by atoms with Crippen LogP contribution >= 0.6 is 0 Å². The number of likely N-dealkylation sites (tertiary alicyclic amines) is 1. The summed E-state index contributed by atoms with van der Waals surface area (Å²) < 4.78 is 5.86. The lowest BCUT2D eigenvalue weighted by Crippen LogP contribution is -2.39. The lowest BCUT2D eigenvalue weighted by Gasteiger charge is -2.17. The fourth-order valence-electron chi connectivity index (χ4n) is 3.80. The SMILES string of the molecule is O=C(COc1ccccc1-c1ccccc1)NC1CCN(Cc2ccccc2)C1. The third-order valence-corrected chi connectivity index (χ3v) is 5.22. The van der Waals surface area contributed by atoms with Gasteiger partial charge in [0.2, 0.25) is 0 Å². The molecule has 4 nitrogen and oxygen atoms in total. The molecule has 148 valence electrons. The molecule has 0 spiro atoms. The molecule has 4 rings (SSSR count). The third-order valence-electron chi connectivity index (χ3n) is 5.22. The topological polar surface area (TPSA) is 41.6 Å². The second-order valence-corrected chi connectivity index (χ2v) is 7.42. The molecule has 0 radical (unpaired) electrons. The van der Waals surface area contributed by atoms with Crippen molar-refractivity contribution in [3.8, 4) is 16.9 Å². The summed E-state index contributed by atoms with van der Waals surface area (Å²) in [7, 11) is 0. The largest absolute Gasteiger partial charge is 0.483 e. The first-order valence-corrected chi connectivity index (χ1v) is 10.1. The van der Waals surface area contributed by atoms with Gasteiger partial charge in [0.1, 0.15) is 5.75 Å². The average molecular weight is 386 g/mol. The first-order valence-electron chi connectivity index (χ1n) is 10.1. The maximum atomic E-state index is 12.4. The van der Waals surface area contributed by atoms with E-state index in [0.29, 0.717) is 0 Å². The molecule has 1 aliphatic rings. The van der Waals surface area contributed by atoms with E-state index < -0.39 is 0 Å². The van der Waals surface area contributed by atoms with E-state index in [0.717, 1.165) is 42.9 Å². The molecule has 1 fully saturated rings. The summed E-state index contributed by atoms with van der Waals surface area (Å²) in [6, 6.07) is 28.5. The standard InChI is InChI=1S/C25H26N2O2/c28-25(26-22-15-16-27(18-22)17-20-9-3-1-4-10-20)19-29-24-14-8-7-13-23(24)21-11-5-2-6-12-21/h1-14,22H,15-19H2,(H,26,28). The number of amides is 1. The van der Waals surface area contributed by atoms with Gasteiger partial charge >= 0.3 is 0 Å². The molecule has 1 amide bonds. The zero-order valence-electron chi connectivity index (χ0n) is 16.5. The molecule has 3 aromatic carbocycles. The summed E-state index contributed by atoms with van der Waals surface area (Å²) in [5.74, 6) is 0.658. The number of rotatable bonds is 7. The van der Waals surface area contributed by atoms with Gasteiger partial charge in [-0.15, -0.1) is 0 Å². The molecule has 1 heterocycles. The summed E-state index contributed by atoms with van der Waals surface area (Å²) in [4.78, 5) is 14.8. The van der Waals surface area contributed by atoms with Crippen molar-refractivity contribution in [1.29, 1.82) is 0 Å². The van der Waals surface area contributed by atoms with Crippen molar-refractivity contribution >= 4 is 5.91 Å². The van der Waals surface area contributed by atoms with E-state index in [4.69, 9.17) is 4.74 Å². The normalized spacial score (nSPS) is 16.5. The van der Waals surface area contributed by atoms with Gasteiger partial charge in [-0.05, 0) is 23.6 Å². The Labute approximate surface area is 172 Å². The number of carbonyl (C=O) groups is 1. The number of hydrogen-bond donors (Lipinski definition) is 1. The molecule has 0 aliphatic carbocycles. The van der Waals surface area contributed by atoms with Crippen molar-refractivity contribution in [2.45, 2.75) is 19.0 Å². The maximum absolute atomic E-state index is 12.4. The van der Waals surface area contributed by atoms with Crippen molar-refractivity contribution in [1.82, 2.24) is 10.2 Å². The fourth-order valence-corrected chi connectivity index (χ4v) is 3.80. The summed E-state index contributed by atoms with van der Waals surface area (Å²) >= 11 is 0. The first-order chi connectivity index (χ1) is 14.3. The van der Waals surface area contributed by atoms with Gasteiger partial charge in [-0.2, -0.15) is 0 Å². The predicted octanol–water partition coefficient (Wildman–Crippen LogP) is 4.12. The van der Waals surface area contributed by atoms with E-state index in [2.05, 4.69) is 34.5 Å². The third kappa shape index (κ3) is 5.24. The van der Waals surface area contributed by atoms with Crippen LogP contribution in [-0.2, 0) is 11.3 Å². The average Bonchev–Trinajstić information content (AvgIpc) is 3.20. The Bertz CT molecular complexity index is 928. The van der Waals surface area contributed by atoms with Crippen LogP contribution in [0.25, 0.3) is 11.1 Å². The van der Waals surface area contributed by atoms with Crippen LogP contribution in [0.15, 0.2) is 84.9 Å². The Hall–Kier alpha value is -3.11. The maximum Gasteiger partial charge on any atom is 0.258 e. The van der Waals surface area contributed by atoms with Crippen LogP contribution in [0.4, 0.5) is 0 Å². The molecule has 3 aromatic rings. The van der Waals surface area contributed by atoms with Crippen LogP contribution in [0.2, 0.25) is 0 Å². The van der Waals surface area contributed by atoms with Gasteiger partial charge in [-0.1, -0.05) is 78.9 Å². The predicted molar refractivity (Wildman–Crippen MR) is 116 cm³/mol. The lowest BCUT2D eigenvalue weighted by atomic mass is 10.1. The molecule has 4 heteroatoms. The highest BCUT2D eigenvalue weighted by atomic mass is 16.5. The summed E-state index contributed by atoms with van der Waals surface area (Å²) in [5, 5.41) is 3.12. The number of nitrogens with zero attached hydrogens (tertiary/aromatic N) is 1. The second kappa shape index (κ2) is 9.39. The van der Waals surface area contributed by atoms with Crippen molar-refractivity contribution in [2.24, 2.45) is 0 Å². The van der Waals surface area contributed by atoms with Crippen LogP contribution in [0, 0.1) is 0 Å². The molecule has 29 heavy (non-hydrogen) atoms. The Morgan fingerprint density at radius 3 is 2.41 bits per heavy atom. The Morgan fingerprint density at radius 1 is 0.931 bits per heavy atom. The molecule has 1 aliphatic heterocycles. The van der Waals surface area contributed by atoms with Crippen LogP contribution < -0.4 is 10.1 Å². The number of carbonyl (C=O) groups excluding carboxylic acids is 1. The van der Waals surface area contributed by atoms with Crippen LogP contribution in [0.3, 0.4) is 0 Å². The van der Waals surface area contributed by atoms with Crippen molar-refractivity contribution < 1.29 is 9.53 Å². The van der Waals surface area contributed by atoms with E-state index in [1.807, 2.05) is 60.7 Å². The Balaban J connectivity index is 1.28. The minimum Gasteiger partial charge on any atom is -0.483 e. The minimum atomic E-state index is -0.0700. The van der Waals surface area contributed by atoms with Crippen LogP contribution in [0.1, 0.15) is 12.0 Å². The molecule has 0 saturated carbocycles. The van der Waals surface area contributed by atoms with Crippen molar-refractivity contribution in [3.63, 3.8) is 0 Å². The van der Waals surface area contributed by atoms with E-state index in [-0.39, 0.29) is 18.6 Å². The molecule has 0 aromatic heterocycles. The number of nitrogens with one attached hydrogen (secondary N) is 1. The molecule has 1 atom stereocenters. The molecular weight excluding hydrogens is 360 g/mol. The zero-order chi connectivity index (χ0) is 19.9. The van der Waals surface area contributed by atoms with Crippen LogP contribution in [-0.4, -0.2) is 36.5 Å². The monoisotopic (exact) mass is 386 g/mol. The molecule has 0 bridgehead atoms. The Morgan fingerprint density at radius 2 is 1.62 bits per heavy atom. The summed E-state index contributed by atoms with van der Waals surface area (Å²) in [6.45, 7) is 2.83. The number of para-hydroxylation sites is 1. The van der Waals surface area contributed by atoms with Gasteiger partial charge in [0, 0.05) is 31.2 Å². The minimum absolute atomic E-state index is 0.0268. The van der Waals surface area contributed by atoms with E-state index in [1.54, 1.807) is 0 Å². The number of ether oxygens (including phenoxy) is 1. The lowest BCUT2D eigenvalue weighted by molar-refractivity contribution is -0.123. The van der Waals surface area contributed by atoms with Gasteiger partial charge in [0.15, 0.2) is 6.61 Å². The summed E-state index contributed by atoms with van der Waals surface area (Å²) in [5.41, 5.74) is 3.38. The fraction of sp³-hybridized carbons (Fsp3) is 0.240. The molecule has 1 unspecified atom stereocenters. The molecule has 1 N–H and O–H groups in total. The quantitative estimate of drug-likeness (QED) is 0.664. The van der Waals surface area contributed by atoms with Crippen molar-refractivity contribution in [2.75, 3.05) is 19.7 Å². The highest BCUT2D eigenvalue weighted by molar-refractivity contribution is 5.78. The second-order valence-electron chi connectivity index (χ2n) is 7.42. The highest BCUT2D eigenvalue weighted by Crippen LogP contribution is 2.29. The van der Waals surface area contributed by atoms with E-state index in [9.17, 15) is 4.79 Å². The van der Waals surface area contributed by atoms with Gasteiger partial charge < -0.3 is 10.1 Å². The van der Waals surface area contributed by atoms with Gasteiger partial charge in [-0.25, -0.2) is 0 Å². The molecule has 1 saturated heterocycles. The zero-order valence-corrected chi connectivity index (χ0v) is 16.5. The first kappa shape index (κ1) is 19.2. The van der Waals surface area contributed by atoms with Gasteiger partial charge in [0.25, 0.3) is 5.91 Å². The van der Waals surface area contributed by atoms with Gasteiger partial charge in [-0.3, -0.25) is 9.69 Å². The van der Waals surface area contributed by atoms with Crippen LogP contribution in [0.5, 0.6) is 5.75 Å². The highest BCUT2D eigenvalue weighted by Gasteiger charge is 2.24. The van der Waals surface area contributed by atoms with Gasteiger partial charge in [0.05, 0.1) is 0 Å². The Kier molecular flexibility index (Phi) is 6.22. The van der Waals surface area contributed by atoms with E-state index >= 15 is 0 Å². The van der Waals surface area contributed by atoms with Crippen molar-refractivity contribution in [3.05, 3.63) is 90.5 Å². The molecular formula is C25H26N2O2. The smallest absolute Gasteiger partial charge is 0.258 e. The number of hydrogen-bond acceptors (Lipinski definition) is 3. The summed E-state index contributed by atoms with van der Waals surface area (Å²) in [6.07, 6.45) is 0.971. The number of benzene rings is 3.